The van der Waals surface area contributed by atoms with E-state index in [9.17, 15) is 9.00 Å². The summed E-state index contributed by atoms with van der Waals surface area (Å²) in [7, 11) is -1.34. The Morgan fingerprint density at radius 1 is 1.20 bits per heavy atom. The highest BCUT2D eigenvalue weighted by Gasteiger charge is 2.11. The second-order valence-corrected chi connectivity index (χ2v) is 6.07. The van der Waals surface area contributed by atoms with Gasteiger partial charge in [-0.05, 0) is 35.9 Å². The molecule has 0 aromatic heterocycles. The van der Waals surface area contributed by atoms with Gasteiger partial charge in [0.2, 0.25) is 5.91 Å². The molecule has 0 fully saturated rings. The quantitative estimate of drug-likeness (QED) is 0.850. The number of primary amides is 1. The second-order valence-electron chi connectivity index (χ2n) is 4.24. The van der Waals surface area contributed by atoms with Crippen molar-refractivity contribution in [3.05, 3.63) is 58.6 Å². The summed E-state index contributed by atoms with van der Waals surface area (Å²) in [6.07, 6.45) is 0. The molecule has 6 heteroatoms. The minimum Gasteiger partial charge on any atom is -0.399 e. The highest BCUT2D eigenvalue weighted by Crippen LogP contribution is 2.24. The van der Waals surface area contributed by atoms with Gasteiger partial charge in [-0.2, -0.15) is 0 Å². The molecule has 4 nitrogen and oxygen atoms in total. The monoisotopic (exact) mass is 308 g/mol. The Labute approximate surface area is 124 Å². The minimum absolute atomic E-state index is 0.240. The van der Waals surface area contributed by atoms with Crippen molar-refractivity contribution < 1.29 is 9.00 Å². The first-order valence-electron chi connectivity index (χ1n) is 5.79. The van der Waals surface area contributed by atoms with Gasteiger partial charge in [-0.1, -0.05) is 23.7 Å². The van der Waals surface area contributed by atoms with Gasteiger partial charge in [0.05, 0.1) is 26.5 Å². The molecule has 0 bridgehead atoms. The first-order chi connectivity index (χ1) is 9.47. The van der Waals surface area contributed by atoms with Crippen LogP contribution in [0.5, 0.6) is 0 Å². The maximum atomic E-state index is 12.3. The van der Waals surface area contributed by atoms with E-state index in [-0.39, 0.29) is 5.75 Å². The molecule has 1 atom stereocenters. The van der Waals surface area contributed by atoms with Crippen molar-refractivity contribution in [1.29, 1.82) is 0 Å². The van der Waals surface area contributed by atoms with E-state index >= 15 is 0 Å². The molecule has 20 heavy (non-hydrogen) atoms. The van der Waals surface area contributed by atoms with Crippen molar-refractivity contribution >= 4 is 34.0 Å². The molecule has 2 aromatic carbocycles. The number of amides is 1. The summed E-state index contributed by atoms with van der Waals surface area (Å²) in [4.78, 5) is 11.6. The van der Waals surface area contributed by atoms with Crippen molar-refractivity contribution in [2.75, 3.05) is 5.73 Å². The van der Waals surface area contributed by atoms with Gasteiger partial charge in [0, 0.05) is 11.3 Å². The zero-order valence-electron chi connectivity index (χ0n) is 10.5. The fourth-order valence-corrected chi connectivity index (χ4v) is 3.30. The molecule has 104 valence electrons. The van der Waals surface area contributed by atoms with Crippen LogP contribution in [0.3, 0.4) is 0 Å². The van der Waals surface area contributed by atoms with E-state index in [1.165, 1.54) is 0 Å². The summed E-state index contributed by atoms with van der Waals surface area (Å²) < 4.78 is 12.3. The summed E-state index contributed by atoms with van der Waals surface area (Å²) in [5.41, 5.74) is 12.5. The molecule has 0 aliphatic heterocycles. The number of nitrogen functional groups attached to an aromatic ring is 1. The molecular weight excluding hydrogens is 296 g/mol. The maximum absolute atomic E-state index is 12.3. The average Bonchev–Trinajstić information content (AvgIpc) is 2.41. The largest absolute Gasteiger partial charge is 0.399 e. The van der Waals surface area contributed by atoms with E-state index < -0.39 is 16.7 Å². The Balaban J connectivity index is 2.25. The summed E-state index contributed by atoms with van der Waals surface area (Å²) in [6.45, 7) is 0. The standard InChI is InChI=1S/C14H13ClN2O2S/c15-12-5-4-11(16)7-13(12)20(19)8-9-2-1-3-10(6-9)14(17)18/h1-7H,8,16H2,(H2,17,18). The lowest BCUT2D eigenvalue weighted by atomic mass is 10.1. The van der Waals surface area contributed by atoms with Gasteiger partial charge < -0.3 is 11.5 Å². The summed E-state index contributed by atoms with van der Waals surface area (Å²) in [5.74, 6) is -0.274. The summed E-state index contributed by atoms with van der Waals surface area (Å²) in [5, 5.41) is 0.406. The van der Waals surface area contributed by atoms with Crippen molar-refractivity contribution in [1.82, 2.24) is 0 Å². The number of hydrogen-bond donors (Lipinski definition) is 2. The van der Waals surface area contributed by atoms with Crippen LogP contribution in [0, 0.1) is 0 Å². The normalized spacial score (nSPS) is 12.1. The first kappa shape index (κ1) is 14.6. The molecule has 1 unspecified atom stereocenters. The maximum Gasteiger partial charge on any atom is 0.248 e. The SMILES string of the molecule is NC(=O)c1cccc(CS(=O)c2cc(N)ccc2Cl)c1. The highest BCUT2D eigenvalue weighted by molar-refractivity contribution is 7.84. The Morgan fingerprint density at radius 3 is 2.65 bits per heavy atom. The predicted molar refractivity (Wildman–Crippen MR) is 80.9 cm³/mol. The van der Waals surface area contributed by atoms with E-state index in [0.717, 1.165) is 5.56 Å². The van der Waals surface area contributed by atoms with E-state index in [1.54, 1.807) is 42.5 Å². The Bertz CT molecular complexity index is 689. The highest BCUT2D eigenvalue weighted by atomic mass is 35.5. The third-order valence-electron chi connectivity index (χ3n) is 2.71. The molecule has 0 radical (unpaired) electrons. The molecule has 4 N–H and O–H groups in total. The van der Waals surface area contributed by atoms with Gasteiger partial charge in [-0.25, -0.2) is 0 Å². The molecule has 2 rings (SSSR count). The fraction of sp³-hybridized carbons (Fsp3) is 0.0714. The van der Waals surface area contributed by atoms with E-state index in [1.807, 2.05) is 0 Å². The van der Waals surface area contributed by atoms with Crippen LogP contribution < -0.4 is 11.5 Å². The van der Waals surface area contributed by atoms with Gasteiger partial charge in [0.25, 0.3) is 0 Å². The molecule has 0 saturated heterocycles. The Morgan fingerprint density at radius 2 is 1.95 bits per heavy atom. The van der Waals surface area contributed by atoms with Gasteiger partial charge in [-0.15, -0.1) is 0 Å². The van der Waals surface area contributed by atoms with Crippen LogP contribution >= 0.6 is 11.6 Å². The lowest BCUT2D eigenvalue weighted by Crippen LogP contribution is -2.11. The van der Waals surface area contributed by atoms with Crippen LogP contribution in [0.2, 0.25) is 5.02 Å². The lowest BCUT2D eigenvalue weighted by molar-refractivity contribution is 0.1000. The molecule has 0 spiro atoms. The molecule has 0 saturated carbocycles. The first-order valence-corrected chi connectivity index (χ1v) is 7.49. The van der Waals surface area contributed by atoms with Crippen LogP contribution in [0.15, 0.2) is 47.4 Å². The zero-order chi connectivity index (χ0) is 14.7. The topological polar surface area (TPSA) is 86.2 Å². The van der Waals surface area contributed by atoms with Gasteiger partial charge >= 0.3 is 0 Å². The van der Waals surface area contributed by atoms with Gasteiger partial charge in [-0.3, -0.25) is 9.00 Å². The Kier molecular flexibility index (Phi) is 4.42. The van der Waals surface area contributed by atoms with E-state index in [4.69, 9.17) is 23.1 Å². The van der Waals surface area contributed by atoms with Crippen LogP contribution in [0.25, 0.3) is 0 Å². The number of halogens is 1. The van der Waals surface area contributed by atoms with Crippen LogP contribution in [0.4, 0.5) is 5.69 Å². The number of hydrogen-bond acceptors (Lipinski definition) is 3. The molecule has 0 heterocycles. The fourth-order valence-electron chi connectivity index (χ4n) is 1.74. The van der Waals surface area contributed by atoms with Crippen LogP contribution in [0.1, 0.15) is 15.9 Å². The van der Waals surface area contributed by atoms with Crippen LogP contribution in [-0.2, 0) is 16.6 Å². The number of rotatable bonds is 4. The lowest BCUT2D eigenvalue weighted by Gasteiger charge is -2.07. The third-order valence-corrected chi connectivity index (χ3v) is 4.58. The van der Waals surface area contributed by atoms with Crippen molar-refractivity contribution in [3.63, 3.8) is 0 Å². The van der Waals surface area contributed by atoms with Crippen molar-refractivity contribution in [2.45, 2.75) is 10.6 Å². The number of carbonyl (C=O) groups excluding carboxylic acids is 1. The zero-order valence-corrected chi connectivity index (χ0v) is 12.1. The minimum atomic E-state index is -1.34. The number of benzene rings is 2. The number of anilines is 1. The van der Waals surface area contributed by atoms with Crippen LogP contribution in [-0.4, -0.2) is 10.1 Å². The molecule has 0 aliphatic carbocycles. The summed E-state index contributed by atoms with van der Waals surface area (Å²) in [6, 6.07) is 11.6. The van der Waals surface area contributed by atoms with Crippen molar-refractivity contribution in [3.8, 4) is 0 Å². The number of nitrogens with two attached hydrogens (primary N) is 2. The predicted octanol–water partition coefficient (Wildman–Crippen LogP) is 2.33. The average molecular weight is 309 g/mol. The molecule has 2 aromatic rings. The molecule has 1 amide bonds. The van der Waals surface area contributed by atoms with Crippen molar-refractivity contribution in [2.24, 2.45) is 5.73 Å². The van der Waals surface area contributed by atoms with E-state index in [2.05, 4.69) is 0 Å². The van der Waals surface area contributed by atoms with E-state index in [0.29, 0.717) is 21.2 Å². The third kappa shape index (κ3) is 3.37. The molecular formula is C14H13ClN2O2S. The molecule has 0 aliphatic rings. The smallest absolute Gasteiger partial charge is 0.248 e. The Hall–Kier alpha value is -1.85. The number of carbonyl (C=O) groups is 1. The van der Waals surface area contributed by atoms with Gasteiger partial charge in [0.1, 0.15) is 0 Å². The van der Waals surface area contributed by atoms with Gasteiger partial charge in [0.15, 0.2) is 0 Å². The summed E-state index contributed by atoms with van der Waals surface area (Å²) >= 11 is 6.02. The second kappa shape index (κ2) is 6.07.